The Morgan fingerprint density at radius 2 is 1.85 bits per heavy atom. The van der Waals surface area contributed by atoms with Gasteiger partial charge in [-0.05, 0) is 24.3 Å². The third kappa shape index (κ3) is 2.78. The Hall–Kier alpha value is -2.39. The zero-order valence-corrected chi connectivity index (χ0v) is 10.8. The number of carboxylic acids is 1. The normalized spacial score (nSPS) is 16.9. The lowest BCUT2D eigenvalue weighted by molar-refractivity contribution is -0.148. The fourth-order valence-electron chi connectivity index (χ4n) is 2.10. The van der Waals surface area contributed by atoms with Crippen molar-refractivity contribution in [1.29, 1.82) is 5.26 Å². The van der Waals surface area contributed by atoms with Crippen LogP contribution >= 0.6 is 0 Å². The molecule has 0 aromatic heterocycles. The molecule has 0 spiro atoms. The number of nitrogens with zero attached hydrogens (tertiary/aromatic N) is 1. The van der Waals surface area contributed by atoms with Crippen LogP contribution in [0.2, 0.25) is 0 Å². The lowest BCUT2D eigenvalue weighted by Gasteiger charge is -2.33. The molecule has 0 aliphatic carbocycles. The molecule has 1 heterocycles. The smallest absolute Gasteiger partial charge is 0.329 e. The number of nitrogens with one attached hydrogen (secondary N) is 1. The van der Waals surface area contributed by atoms with Crippen LogP contribution in [-0.4, -0.2) is 35.7 Å². The number of carbonyl (C=O) groups excluding carboxylic acids is 1. The minimum Gasteiger partial charge on any atom is -0.480 e. The van der Waals surface area contributed by atoms with E-state index in [0.717, 1.165) is 0 Å². The van der Waals surface area contributed by atoms with Gasteiger partial charge in [-0.15, -0.1) is 0 Å². The van der Waals surface area contributed by atoms with Gasteiger partial charge in [0.05, 0.1) is 11.6 Å². The van der Waals surface area contributed by atoms with Gasteiger partial charge in [0.25, 0.3) is 5.91 Å². The van der Waals surface area contributed by atoms with Crippen LogP contribution in [-0.2, 0) is 9.53 Å². The molecule has 1 aliphatic rings. The molecule has 0 bridgehead atoms. The Morgan fingerprint density at radius 3 is 2.35 bits per heavy atom. The summed E-state index contributed by atoms with van der Waals surface area (Å²) in [5.74, 6) is -1.51. The number of ether oxygens (including phenoxy) is 1. The third-order valence-corrected chi connectivity index (χ3v) is 3.38. The first-order valence-corrected chi connectivity index (χ1v) is 6.21. The van der Waals surface area contributed by atoms with Gasteiger partial charge in [0.1, 0.15) is 5.54 Å². The van der Waals surface area contributed by atoms with Crippen LogP contribution in [0.15, 0.2) is 24.3 Å². The SMILES string of the molecule is N#Cc1ccc(C(=O)NC2(C(=O)O)CCOCC2)cc1. The molecule has 104 valence electrons. The molecule has 20 heavy (non-hydrogen) atoms. The first kappa shape index (κ1) is 14.0. The second-order valence-corrected chi connectivity index (χ2v) is 4.64. The average Bonchev–Trinajstić information content (AvgIpc) is 2.48. The quantitative estimate of drug-likeness (QED) is 0.853. The van der Waals surface area contributed by atoms with Crippen LogP contribution in [0.5, 0.6) is 0 Å². The number of aliphatic carboxylic acids is 1. The molecule has 2 rings (SSSR count). The molecule has 6 nitrogen and oxygen atoms in total. The zero-order chi connectivity index (χ0) is 14.6. The van der Waals surface area contributed by atoms with E-state index in [-0.39, 0.29) is 12.8 Å². The summed E-state index contributed by atoms with van der Waals surface area (Å²) >= 11 is 0. The maximum absolute atomic E-state index is 12.1. The van der Waals surface area contributed by atoms with Gasteiger partial charge in [0, 0.05) is 31.6 Å². The standard InChI is InChI=1S/C14H14N2O4/c15-9-10-1-3-11(4-2-10)12(17)16-14(13(18)19)5-7-20-8-6-14/h1-4H,5-8H2,(H,16,17)(H,18,19). The molecular weight excluding hydrogens is 260 g/mol. The van der Waals surface area contributed by atoms with Gasteiger partial charge in [0.15, 0.2) is 0 Å². The van der Waals surface area contributed by atoms with Gasteiger partial charge >= 0.3 is 5.97 Å². The minimum atomic E-state index is -1.27. The fraction of sp³-hybridized carbons (Fsp3) is 0.357. The highest BCUT2D eigenvalue weighted by molar-refractivity contribution is 5.98. The number of hydrogen-bond donors (Lipinski definition) is 2. The number of benzene rings is 1. The Labute approximate surface area is 116 Å². The van der Waals surface area contributed by atoms with Crippen molar-refractivity contribution in [1.82, 2.24) is 5.32 Å². The summed E-state index contributed by atoms with van der Waals surface area (Å²) in [5.41, 5.74) is -0.500. The summed E-state index contributed by atoms with van der Waals surface area (Å²) in [6.45, 7) is 0.611. The molecule has 1 aliphatic heterocycles. The van der Waals surface area contributed by atoms with E-state index in [4.69, 9.17) is 10.00 Å². The van der Waals surface area contributed by atoms with Crippen LogP contribution in [0, 0.1) is 11.3 Å². The maximum Gasteiger partial charge on any atom is 0.329 e. The third-order valence-electron chi connectivity index (χ3n) is 3.38. The van der Waals surface area contributed by atoms with E-state index in [1.807, 2.05) is 6.07 Å². The Bertz CT molecular complexity index is 554. The van der Waals surface area contributed by atoms with Crippen molar-refractivity contribution < 1.29 is 19.4 Å². The second kappa shape index (κ2) is 5.72. The van der Waals surface area contributed by atoms with Crippen LogP contribution in [0.3, 0.4) is 0 Å². The molecule has 0 saturated carbocycles. The number of hydrogen-bond acceptors (Lipinski definition) is 4. The number of amides is 1. The fourth-order valence-corrected chi connectivity index (χ4v) is 2.10. The number of rotatable bonds is 3. The zero-order valence-electron chi connectivity index (χ0n) is 10.8. The van der Waals surface area contributed by atoms with Crippen molar-refractivity contribution in [3.05, 3.63) is 35.4 Å². The maximum atomic E-state index is 12.1. The van der Waals surface area contributed by atoms with Crippen LogP contribution in [0.4, 0.5) is 0 Å². The molecule has 6 heteroatoms. The van der Waals surface area contributed by atoms with E-state index in [0.29, 0.717) is 24.3 Å². The van der Waals surface area contributed by atoms with Gasteiger partial charge in [-0.2, -0.15) is 5.26 Å². The molecular formula is C14H14N2O4. The van der Waals surface area contributed by atoms with Gasteiger partial charge in [-0.25, -0.2) is 4.79 Å². The molecule has 1 saturated heterocycles. The summed E-state index contributed by atoms with van der Waals surface area (Å²) in [7, 11) is 0. The highest BCUT2D eigenvalue weighted by atomic mass is 16.5. The van der Waals surface area contributed by atoms with E-state index in [9.17, 15) is 14.7 Å². The predicted octanol–water partition coefficient (Wildman–Crippen LogP) is 0.922. The van der Waals surface area contributed by atoms with Gasteiger partial charge in [0.2, 0.25) is 0 Å². The first-order valence-electron chi connectivity index (χ1n) is 6.21. The molecule has 1 aromatic rings. The topological polar surface area (TPSA) is 99.4 Å². The van der Waals surface area contributed by atoms with Gasteiger partial charge < -0.3 is 15.2 Å². The summed E-state index contributed by atoms with van der Waals surface area (Å²) in [6, 6.07) is 8.00. The average molecular weight is 274 g/mol. The summed E-state index contributed by atoms with van der Waals surface area (Å²) in [6.07, 6.45) is 0.481. The van der Waals surface area contributed by atoms with E-state index in [1.165, 1.54) is 24.3 Å². The highest BCUT2D eigenvalue weighted by Crippen LogP contribution is 2.21. The molecule has 0 atom stereocenters. The second-order valence-electron chi connectivity index (χ2n) is 4.64. The molecule has 1 fully saturated rings. The molecule has 0 unspecified atom stereocenters. The van der Waals surface area contributed by atoms with Gasteiger partial charge in [-0.1, -0.05) is 0 Å². The van der Waals surface area contributed by atoms with Crippen molar-refractivity contribution in [2.24, 2.45) is 0 Å². The van der Waals surface area contributed by atoms with E-state index in [2.05, 4.69) is 5.32 Å². The monoisotopic (exact) mass is 274 g/mol. The van der Waals surface area contributed by atoms with Crippen molar-refractivity contribution in [3.63, 3.8) is 0 Å². The van der Waals surface area contributed by atoms with Crippen molar-refractivity contribution in [2.75, 3.05) is 13.2 Å². The van der Waals surface area contributed by atoms with Crippen LogP contribution < -0.4 is 5.32 Å². The molecule has 0 radical (unpaired) electrons. The van der Waals surface area contributed by atoms with Gasteiger partial charge in [-0.3, -0.25) is 4.79 Å². The Morgan fingerprint density at radius 1 is 1.25 bits per heavy atom. The first-order chi connectivity index (χ1) is 9.57. The molecule has 1 amide bonds. The van der Waals surface area contributed by atoms with E-state index in [1.54, 1.807) is 0 Å². The molecule has 1 aromatic carbocycles. The lowest BCUT2D eigenvalue weighted by atomic mass is 9.89. The largest absolute Gasteiger partial charge is 0.480 e. The predicted molar refractivity (Wildman–Crippen MR) is 69.0 cm³/mol. The van der Waals surface area contributed by atoms with Crippen molar-refractivity contribution >= 4 is 11.9 Å². The minimum absolute atomic E-state index is 0.240. The van der Waals surface area contributed by atoms with E-state index >= 15 is 0 Å². The van der Waals surface area contributed by atoms with Crippen molar-refractivity contribution in [2.45, 2.75) is 18.4 Å². The summed E-state index contributed by atoms with van der Waals surface area (Å²) in [4.78, 5) is 23.6. The number of carboxylic acid groups (broad SMARTS) is 1. The summed E-state index contributed by atoms with van der Waals surface area (Å²) in [5, 5.41) is 20.6. The Kier molecular flexibility index (Phi) is 4.01. The Balaban J connectivity index is 2.16. The highest BCUT2D eigenvalue weighted by Gasteiger charge is 2.41. The lowest BCUT2D eigenvalue weighted by Crippen LogP contribution is -2.57. The molecule has 2 N–H and O–H groups in total. The van der Waals surface area contributed by atoms with E-state index < -0.39 is 17.4 Å². The number of nitriles is 1. The van der Waals surface area contributed by atoms with Crippen LogP contribution in [0.25, 0.3) is 0 Å². The summed E-state index contributed by atoms with van der Waals surface area (Å²) < 4.78 is 5.14. The van der Waals surface area contributed by atoms with Crippen molar-refractivity contribution in [3.8, 4) is 6.07 Å². The van der Waals surface area contributed by atoms with Crippen LogP contribution in [0.1, 0.15) is 28.8 Å². The number of carbonyl (C=O) groups is 2.